The van der Waals surface area contributed by atoms with Crippen LogP contribution in [0.4, 0.5) is 11.4 Å². The zero-order chi connectivity index (χ0) is 18.9. The molecule has 0 saturated carbocycles. The topological polar surface area (TPSA) is 87.9 Å². The Morgan fingerprint density at radius 1 is 1.19 bits per heavy atom. The van der Waals surface area contributed by atoms with Gasteiger partial charge >= 0.3 is 0 Å². The van der Waals surface area contributed by atoms with E-state index in [1.54, 1.807) is 39.2 Å². The van der Waals surface area contributed by atoms with Crippen molar-refractivity contribution in [1.82, 2.24) is 10.1 Å². The number of aryl methyl sites for hydroxylation is 2. The third-order valence-corrected chi connectivity index (χ3v) is 6.14. The van der Waals surface area contributed by atoms with Gasteiger partial charge in [-0.15, -0.1) is 0 Å². The standard InChI is InChI=1S/C17H24N4O4S/c1-12-17(13(2)25-18-12)26(22,23)19-14-5-6-16(24-4)15(11-14)21-9-7-20(3)8-10-21/h5-6,11,19H,7-10H2,1-4H3. The molecule has 1 aromatic carbocycles. The molecule has 1 aromatic heterocycles. The number of nitrogens with zero attached hydrogens (tertiary/aromatic N) is 3. The molecule has 0 spiro atoms. The van der Waals surface area contributed by atoms with Crippen LogP contribution in [0, 0.1) is 13.8 Å². The van der Waals surface area contributed by atoms with E-state index in [-0.39, 0.29) is 10.7 Å². The molecule has 142 valence electrons. The maximum atomic E-state index is 12.7. The number of benzene rings is 1. The summed E-state index contributed by atoms with van der Waals surface area (Å²) in [4.78, 5) is 4.54. The molecule has 0 amide bonds. The molecule has 0 atom stereocenters. The van der Waals surface area contributed by atoms with Crippen LogP contribution in [-0.4, -0.2) is 58.8 Å². The second-order valence-corrected chi connectivity index (χ2v) is 8.05. The molecule has 1 fully saturated rings. The predicted octanol–water partition coefficient (Wildman–Crippen LogP) is 1.85. The first-order valence-corrected chi connectivity index (χ1v) is 9.87. The Kier molecular flexibility index (Phi) is 5.10. The van der Waals surface area contributed by atoms with Gasteiger partial charge in [0.25, 0.3) is 10.0 Å². The number of aromatic nitrogens is 1. The predicted molar refractivity (Wildman–Crippen MR) is 99.5 cm³/mol. The van der Waals surface area contributed by atoms with Crippen molar-refractivity contribution >= 4 is 21.4 Å². The van der Waals surface area contributed by atoms with Crippen LogP contribution < -0.4 is 14.4 Å². The van der Waals surface area contributed by atoms with E-state index in [2.05, 4.69) is 26.7 Å². The van der Waals surface area contributed by atoms with Crippen molar-refractivity contribution in [3.8, 4) is 5.75 Å². The molecule has 0 radical (unpaired) electrons. The van der Waals surface area contributed by atoms with E-state index >= 15 is 0 Å². The second-order valence-electron chi connectivity index (χ2n) is 6.44. The molecule has 26 heavy (non-hydrogen) atoms. The van der Waals surface area contributed by atoms with Gasteiger partial charge in [-0.3, -0.25) is 4.72 Å². The number of rotatable bonds is 5. The molecule has 1 saturated heterocycles. The highest BCUT2D eigenvalue weighted by Gasteiger charge is 2.25. The molecule has 1 N–H and O–H groups in total. The van der Waals surface area contributed by atoms with Crippen LogP contribution in [0.25, 0.3) is 0 Å². The first kappa shape index (κ1) is 18.5. The highest BCUT2D eigenvalue weighted by molar-refractivity contribution is 7.92. The first-order valence-electron chi connectivity index (χ1n) is 8.39. The Hall–Kier alpha value is -2.26. The van der Waals surface area contributed by atoms with E-state index in [4.69, 9.17) is 9.26 Å². The van der Waals surface area contributed by atoms with Crippen molar-refractivity contribution in [2.75, 3.05) is 50.0 Å². The lowest BCUT2D eigenvalue weighted by atomic mass is 10.2. The van der Waals surface area contributed by atoms with Gasteiger partial charge in [0.05, 0.1) is 18.5 Å². The van der Waals surface area contributed by atoms with Crippen molar-refractivity contribution < 1.29 is 17.7 Å². The molecular weight excluding hydrogens is 356 g/mol. The molecule has 1 aliphatic rings. The van der Waals surface area contributed by atoms with Crippen LogP contribution in [0.3, 0.4) is 0 Å². The smallest absolute Gasteiger partial charge is 0.267 e. The quantitative estimate of drug-likeness (QED) is 0.847. The van der Waals surface area contributed by atoms with Crippen LogP contribution in [0.15, 0.2) is 27.6 Å². The lowest BCUT2D eigenvalue weighted by molar-refractivity contribution is 0.311. The van der Waals surface area contributed by atoms with Crippen molar-refractivity contribution in [3.05, 3.63) is 29.7 Å². The highest BCUT2D eigenvalue weighted by Crippen LogP contribution is 2.33. The van der Waals surface area contributed by atoms with Crippen LogP contribution in [0.2, 0.25) is 0 Å². The van der Waals surface area contributed by atoms with Crippen LogP contribution in [-0.2, 0) is 10.0 Å². The SMILES string of the molecule is COc1ccc(NS(=O)(=O)c2c(C)noc2C)cc1N1CCN(C)CC1. The number of ether oxygens (including phenoxy) is 1. The van der Waals surface area contributed by atoms with Gasteiger partial charge in [-0.05, 0) is 39.1 Å². The zero-order valence-electron chi connectivity index (χ0n) is 15.4. The third kappa shape index (κ3) is 3.63. The minimum absolute atomic E-state index is 0.0782. The Balaban J connectivity index is 1.90. The highest BCUT2D eigenvalue weighted by atomic mass is 32.2. The molecule has 0 unspecified atom stereocenters. The fraction of sp³-hybridized carbons (Fsp3) is 0.471. The van der Waals surface area contributed by atoms with Crippen molar-refractivity contribution in [1.29, 1.82) is 0 Å². The normalized spacial score (nSPS) is 15.9. The molecule has 0 aliphatic carbocycles. The molecule has 2 heterocycles. The fourth-order valence-corrected chi connectivity index (χ4v) is 4.49. The average molecular weight is 380 g/mol. The fourth-order valence-electron chi connectivity index (χ4n) is 3.11. The van der Waals surface area contributed by atoms with E-state index in [0.29, 0.717) is 11.4 Å². The monoisotopic (exact) mass is 380 g/mol. The lowest BCUT2D eigenvalue weighted by Gasteiger charge is -2.34. The number of sulfonamides is 1. The van der Waals surface area contributed by atoms with Gasteiger partial charge in [-0.1, -0.05) is 5.16 Å². The summed E-state index contributed by atoms with van der Waals surface area (Å²) in [6.07, 6.45) is 0. The van der Waals surface area contributed by atoms with E-state index < -0.39 is 10.0 Å². The summed E-state index contributed by atoms with van der Waals surface area (Å²) in [7, 11) is -0.0812. The van der Waals surface area contributed by atoms with Crippen molar-refractivity contribution in [3.63, 3.8) is 0 Å². The number of nitrogens with one attached hydrogen (secondary N) is 1. The van der Waals surface area contributed by atoms with E-state index in [0.717, 1.165) is 37.6 Å². The lowest BCUT2D eigenvalue weighted by Crippen LogP contribution is -2.44. The maximum Gasteiger partial charge on any atom is 0.267 e. The molecular formula is C17H24N4O4S. The Labute approximate surface area is 153 Å². The van der Waals surface area contributed by atoms with Crippen LogP contribution >= 0.6 is 0 Å². The maximum absolute atomic E-state index is 12.7. The van der Waals surface area contributed by atoms with E-state index in [1.165, 1.54) is 0 Å². The van der Waals surface area contributed by atoms with Crippen LogP contribution in [0.1, 0.15) is 11.5 Å². The van der Waals surface area contributed by atoms with Gasteiger partial charge in [0.2, 0.25) is 0 Å². The van der Waals surface area contributed by atoms with Crippen molar-refractivity contribution in [2.45, 2.75) is 18.7 Å². The minimum atomic E-state index is -3.78. The largest absolute Gasteiger partial charge is 0.495 e. The van der Waals surface area contributed by atoms with Gasteiger partial charge in [0.1, 0.15) is 11.4 Å². The average Bonchev–Trinajstić information content (AvgIpc) is 2.94. The van der Waals surface area contributed by atoms with Gasteiger partial charge in [0, 0.05) is 26.2 Å². The minimum Gasteiger partial charge on any atom is -0.495 e. The van der Waals surface area contributed by atoms with Gasteiger partial charge in [-0.25, -0.2) is 8.42 Å². The first-order chi connectivity index (χ1) is 12.3. The Bertz CT molecular complexity index is 867. The van der Waals surface area contributed by atoms with E-state index in [9.17, 15) is 8.42 Å². The number of methoxy groups -OCH3 is 1. The number of hydrogen-bond acceptors (Lipinski definition) is 7. The Morgan fingerprint density at radius 2 is 1.88 bits per heavy atom. The third-order valence-electron chi connectivity index (χ3n) is 4.51. The molecule has 1 aliphatic heterocycles. The van der Waals surface area contributed by atoms with Gasteiger partial charge in [-0.2, -0.15) is 0 Å². The Morgan fingerprint density at radius 3 is 2.46 bits per heavy atom. The second kappa shape index (κ2) is 7.16. The summed E-state index contributed by atoms with van der Waals surface area (Å²) in [5.41, 5.74) is 1.68. The van der Waals surface area contributed by atoms with E-state index in [1.807, 2.05) is 0 Å². The summed E-state index contributed by atoms with van der Waals surface area (Å²) < 4.78 is 38.5. The molecule has 9 heteroatoms. The number of piperazine rings is 1. The summed E-state index contributed by atoms with van der Waals surface area (Å²) in [5.74, 6) is 0.984. The molecule has 8 nitrogen and oxygen atoms in total. The summed E-state index contributed by atoms with van der Waals surface area (Å²) in [5, 5.41) is 3.72. The van der Waals surface area contributed by atoms with Gasteiger partial charge < -0.3 is 19.1 Å². The number of likely N-dealkylation sites (N-methyl/N-ethyl adjacent to an activating group) is 1. The summed E-state index contributed by atoms with van der Waals surface area (Å²) in [6.45, 7) is 6.78. The van der Waals surface area contributed by atoms with Crippen molar-refractivity contribution in [2.24, 2.45) is 0 Å². The van der Waals surface area contributed by atoms with Gasteiger partial charge in [0.15, 0.2) is 10.7 Å². The molecule has 0 bridgehead atoms. The zero-order valence-corrected chi connectivity index (χ0v) is 16.3. The molecule has 3 rings (SSSR count). The number of anilines is 2. The van der Waals surface area contributed by atoms with Crippen LogP contribution in [0.5, 0.6) is 5.75 Å². The summed E-state index contributed by atoms with van der Waals surface area (Å²) in [6, 6.07) is 5.27. The molecule has 2 aromatic rings. The summed E-state index contributed by atoms with van der Waals surface area (Å²) >= 11 is 0. The number of hydrogen-bond donors (Lipinski definition) is 1.